The fraction of sp³-hybridized carbons (Fsp3) is 0.222. The topological polar surface area (TPSA) is 43.8 Å². The molecule has 1 aromatic heterocycles. The summed E-state index contributed by atoms with van der Waals surface area (Å²) in [6.45, 7) is 0.349. The first kappa shape index (κ1) is 8.19. The summed E-state index contributed by atoms with van der Waals surface area (Å²) >= 11 is 0. The highest BCUT2D eigenvalue weighted by Crippen LogP contribution is 2.18. The van der Waals surface area contributed by atoms with E-state index >= 15 is 0 Å². The van der Waals surface area contributed by atoms with E-state index in [0.29, 0.717) is 12.1 Å². The van der Waals surface area contributed by atoms with Crippen LogP contribution in [-0.4, -0.2) is 9.78 Å². The number of nitrogens with two attached hydrogens (primary N) is 1. The zero-order valence-electron chi connectivity index (χ0n) is 7.29. The Kier molecular flexibility index (Phi) is 1.77. The van der Waals surface area contributed by atoms with Crippen molar-refractivity contribution in [3.05, 3.63) is 29.7 Å². The van der Waals surface area contributed by atoms with Crippen molar-refractivity contribution in [3.8, 4) is 0 Å². The van der Waals surface area contributed by atoms with E-state index in [2.05, 4.69) is 5.10 Å². The van der Waals surface area contributed by atoms with E-state index < -0.39 is 0 Å². The number of hydrogen-bond acceptors (Lipinski definition) is 2. The normalized spacial score (nSPS) is 11.0. The van der Waals surface area contributed by atoms with Crippen molar-refractivity contribution in [2.75, 3.05) is 0 Å². The van der Waals surface area contributed by atoms with Crippen LogP contribution in [-0.2, 0) is 13.6 Å². The molecule has 0 amide bonds. The van der Waals surface area contributed by atoms with E-state index in [1.54, 1.807) is 13.2 Å². The van der Waals surface area contributed by atoms with Gasteiger partial charge in [0.05, 0.1) is 6.20 Å². The molecule has 68 valence electrons. The molecule has 0 fully saturated rings. The molecule has 0 aliphatic heterocycles. The number of aryl methyl sites for hydroxylation is 1. The standard InChI is InChI=1S/C9H10FN3/c1-13-9-7(5-12-13)2-6(4-11)3-8(9)10/h2-3,5H,4,11H2,1H3. The first-order valence-electron chi connectivity index (χ1n) is 4.02. The minimum Gasteiger partial charge on any atom is -0.326 e. The van der Waals surface area contributed by atoms with Gasteiger partial charge in [-0.15, -0.1) is 0 Å². The summed E-state index contributed by atoms with van der Waals surface area (Å²) in [6, 6.07) is 3.30. The van der Waals surface area contributed by atoms with Gasteiger partial charge in [-0.2, -0.15) is 5.10 Å². The maximum absolute atomic E-state index is 13.4. The van der Waals surface area contributed by atoms with Crippen LogP contribution in [0.15, 0.2) is 18.3 Å². The lowest BCUT2D eigenvalue weighted by atomic mass is 10.1. The van der Waals surface area contributed by atoms with Crippen LogP contribution in [0.25, 0.3) is 10.9 Å². The Balaban J connectivity index is 2.79. The summed E-state index contributed by atoms with van der Waals surface area (Å²) in [7, 11) is 1.72. The third-order valence-electron chi connectivity index (χ3n) is 2.08. The van der Waals surface area contributed by atoms with E-state index in [1.165, 1.54) is 10.7 Å². The zero-order valence-corrected chi connectivity index (χ0v) is 7.29. The molecule has 1 heterocycles. The first-order chi connectivity index (χ1) is 6.22. The fourth-order valence-corrected chi connectivity index (χ4v) is 1.44. The molecular weight excluding hydrogens is 169 g/mol. The summed E-state index contributed by atoms with van der Waals surface area (Å²) in [5, 5.41) is 4.76. The van der Waals surface area contributed by atoms with Crippen molar-refractivity contribution in [3.63, 3.8) is 0 Å². The molecule has 0 radical (unpaired) electrons. The van der Waals surface area contributed by atoms with Crippen LogP contribution < -0.4 is 5.73 Å². The first-order valence-corrected chi connectivity index (χ1v) is 4.02. The highest BCUT2D eigenvalue weighted by Gasteiger charge is 2.06. The summed E-state index contributed by atoms with van der Waals surface area (Å²) in [5.74, 6) is -0.266. The van der Waals surface area contributed by atoms with Crippen LogP contribution in [0.3, 0.4) is 0 Å². The number of halogens is 1. The summed E-state index contributed by atoms with van der Waals surface area (Å²) in [5.41, 5.74) is 6.74. The minimum absolute atomic E-state index is 0.266. The summed E-state index contributed by atoms with van der Waals surface area (Å²) in [6.07, 6.45) is 1.64. The number of rotatable bonds is 1. The molecule has 4 heteroatoms. The molecule has 2 rings (SSSR count). The van der Waals surface area contributed by atoms with Gasteiger partial charge in [-0.1, -0.05) is 0 Å². The Labute approximate surface area is 75.0 Å². The van der Waals surface area contributed by atoms with E-state index in [9.17, 15) is 4.39 Å². The fourth-order valence-electron chi connectivity index (χ4n) is 1.44. The molecule has 0 saturated carbocycles. The number of hydrogen-bond donors (Lipinski definition) is 1. The number of benzene rings is 1. The van der Waals surface area contributed by atoms with Gasteiger partial charge in [0.1, 0.15) is 11.3 Å². The molecule has 2 aromatic rings. The monoisotopic (exact) mass is 179 g/mol. The quantitative estimate of drug-likeness (QED) is 0.714. The Morgan fingerprint density at radius 1 is 1.54 bits per heavy atom. The molecule has 0 unspecified atom stereocenters. The summed E-state index contributed by atoms with van der Waals surface area (Å²) in [4.78, 5) is 0. The lowest BCUT2D eigenvalue weighted by Crippen LogP contribution is -1.98. The highest BCUT2D eigenvalue weighted by atomic mass is 19.1. The predicted octanol–water partition coefficient (Wildman–Crippen LogP) is 1.17. The van der Waals surface area contributed by atoms with Gasteiger partial charge in [-0.3, -0.25) is 4.68 Å². The molecule has 0 aliphatic rings. The highest BCUT2D eigenvalue weighted by molar-refractivity contribution is 5.79. The van der Waals surface area contributed by atoms with Gasteiger partial charge in [0.2, 0.25) is 0 Å². The smallest absolute Gasteiger partial charge is 0.149 e. The Hall–Kier alpha value is -1.42. The minimum atomic E-state index is -0.266. The average molecular weight is 179 g/mol. The maximum Gasteiger partial charge on any atom is 0.149 e. The van der Waals surface area contributed by atoms with E-state index in [-0.39, 0.29) is 5.82 Å². The number of fused-ring (bicyclic) bond motifs is 1. The van der Waals surface area contributed by atoms with Crippen LogP contribution in [0.1, 0.15) is 5.56 Å². The lowest BCUT2D eigenvalue weighted by molar-refractivity contribution is 0.623. The molecule has 1 aromatic carbocycles. The van der Waals surface area contributed by atoms with Gasteiger partial charge < -0.3 is 5.73 Å². The Bertz CT molecular complexity index is 447. The second kappa shape index (κ2) is 2.81. The number of nitrogens with zero attached hydrogens (tertiary/aromatic N) is 2. The van der Waals surface area contributed by atoms with E-state index in [1.807, 2.05) is 6.07 Å². The molecule has 3 nitrogen and oxygen atoms in total. The molecule has 13 heavy (non-hydrogen) atoms. The van der Waals surface area contributed by atoms with Gasteiger partial charge in [-0.05, 0) is 17.7 Å². The van der Waals surface area contributed by atoms with Crippen LogP contribution >= 0.6 is 0 Å². The van der Waals surface area contributed by atoms with Gasteiger partial charge in [0.15, 0.2) is 0 Å². The Morgan fingerprint density at radius 3 is 3.00 bits per heavy atom. The van der Waals surface area contributed by atoms with Crippen LogP contribution in [0.2, 0.25) is 0 Å². The summed E-state index contributed by atoms with van der Waals surface area (Å²) < 4.78 is 14.9. The van der Waals surface area contributed by atoms with Crippen LogP contribution in [0.5, 0.6) is 0 Å². The third-order valence-corrected chi connectivity index (χ3v) is 2.08. The van der Waals surface area contributed by atoms with Gasteiger partial charge in [-0.25, -0.2) is 4.39 Å². The molecule has 2 N–H and O–H groups in total. The second-order valence-corrected chi connectivity index (χ2v) is 2.99. The van der Waals surface area contributed by atoms with Crippen LogP contribution in [0.4, 0.5) is 4.39 Å². The lowest BCUT2D eigenvalue weighted by Gasteiger charge is -1.99. The van der Waals surface area contributed by atoms with Crippen molar-refractivity contribution in [2.45, 2.75) is 6.54 Å². The van der Waals surface area contributed by atoms with E-state index in [0.717, 1.165) is 10.9 Å². The second-order valence-electron chi connectivity index (χ2n) is 2.99. The van der Waals surface area contributed by atoms with Gasteiger partial charge >= 0.3 is 0 Å². The maximum atomic E-state index is 13.4. The average Bonchev–Trinajstić information content (AvgIpc) is 2.48. The molecule has 0 spiro atoms. The van der Waals surface area contributed by atoms with Crippen LogP contribution in [0, 0.1) is 5.82 Å². The van der Waals surface area contributed by atoms with Crippen molar-refractivity contribution in [1.29, 1.82) is 0 Å². The van der Waals surface area contributed by atoms with Gasteiger partial charge in [0.25, 0.3) is 0 Å². The van der Waals surface area contributed by atoms with E-state index in [4.69, 9.17) is 5.73 Å². The van der Waals surface area contributed by atoms with Crippen molar-refractivity contribution < 1.29 is 4.39 Å². The molecule has 0 saturated heterocycles. The third kappa shape index (κ3) is 1.19. The van der Waals surface area contributed by atoms with Gasteiger partial charge in [0, 0.05) is 19.0 Å². The zero-order chi connectivity index (χ0) is 9.42. The Morgan fingerprint density at radius 2 is 2.31 bits per heavy atom. The molecule has 0 aliphatic carbocycles. The molecule has 0 atom stereocenters. The van der Waals surface area contributed by atoms with Crippen molar-refractivity contribution in [1.82, 2.24) is 9.78 Å². The van der Waals surface area contributed by atoms with Crippen molar-refractivity contribution >= 4 is 10.9 Å². The number of aromatic nitrogens is 2. The largest absolute Gasteiger partial charge is 0.326 e. The molecular formula is C9H10FN3. The van der Waals surface area contributed by atoms with Crippen molar-refractivity contribution in [2.24, 2.45) is 12.8 Å². The molecule has 0 bridgehead atoms. The predicted molar refractivity (Wildman–Crippen MR) is 48.6 cm³/mol. The SMILES string of the molecule is Cn1ncc2cc(CN)cc(F)c21.